The quantitative estimate of drug-likeness (QED) is 0.691. The van der Waals surface area contributed by atoms with Crippen LogP contribution in [0.5, 0.6) is 0 Å². The summed E-state index contributed by atoms with van der Waals surface area (Å²) in [5, 5.41) is 5.40. The number of hydrogen-bond donors (Lipinski definition) is 0. The number of halogens is 1. The first-order chi connectivity index (χ1) is 11.2. The molecule has 2 aromatic rings. The summed E-state index contributed by atoms with van der Waals surface area (Å²) in [6.07, 6.45) is 1.94. The first-order valence-corrected chi connectivity index (χ1v) is 8.15. The Kier molecular flexibility index (Phi) is 5.71. The molecule has 0 atom stereocenters. The smallest absolute Gasteiger partial charge is 0.162 e. The Morgan fingerprint density at radius 1 is 1.04 bits per heavy atom. The van der Waals surface area contributed by atoms with Gasteiger partial charge in [0.2, 0.25) is 0 Å². The topological polar surface area (TPSA) is 45.5 Å². The summed E-state index contributed by atoms with van der Waals surface area (Å²) in [4.78, 5) is 0. The Bertz CT molecular complexity index is 678. The highest BCUT2D eigenvalue weighted by atomic mass is 35.5. The molecule has 1 aromatic carbocycles. The van der Waals surface area contributed by atoms with E-state index in [0.29, 0.717) is 11.6 Å². The molecule has 2 rings (SSSR count). The molecule has 0 bridgehead atoms. The normalized spacial score (nSPS) is 12.6. The van der Waals surface area contributed by atoms with E-state index in [2.05, 4.69) is 0 Å². The minimum atomic E-state index is -0.670. The van der Waals surface area contributed by atoms with Crippen LogP contribution < -0.4 is 0 Å². The fraction of sp³-hybridized carbons (Fsp3) is 0.500. The van der Waals surface area contributed by atoms with Crippen LogP contribution in [0.25, 0.3) is 11.3 Å². The van der Waals surface area contributed by atoms with Crippen molar-refractivity contribution in [2.45, 2.75) is 45.8 Å². The lowest BCUT2D eigenvalue weighted by Gasteiger charge is -2.24. The zero-order chi connectivity index (χ0) is 18.0. The van der Waals surface area contributed by atoms with Crippen LogP contribution in [0.1, 0.15) is 33.3 Å². The average molecular weight is 353 g/mol. The Morgan fingerprint density at radius 3 is 2.21 bits per heavy atom. The monoisotopic (exact) mass is 352 g/mol. The lowest BCUT2D eigenvalue weighted by molar-refractivity contribution is -0.204. The van der Waals surface area contributed by atoms with E-state index < -0.39 is 11.5 Å². The standard InChI is InChI=1S/C18H25ClN2O3/c1-17(2,22-5)21-11-14(12-24-18(3,4)23-6)16(20-21)13-7-9-15(19)10-8-13/h7-11H,12H2,1-6H3. The van der Waals surface area contributed by atoms with Crippen molar-refractivity contribution in [1.29, 1.82) is 0 Å². The van der Waals surface area contributed by atoms with Gasteiger partial charge in [-0.05, 0) is 39.8 Å². The van der Waals surface area contributed by atoms with Crippen LogP contribution in [0, 0.1) is 0 Å². The van der Waals surface area contributed by atoms with E-state index in [1.165, 1.54) is 0 Å². The number of benzene rings is 1. The molecular weight excluding hydrogens is 328 g/mol. The Hall–Kier alpha value is -1.40. The fourth-order valence-electron chi connectivity index (χ4n) is 2.05. The maximum atomic E-state index is 5.99. The second kappa shape index (κ2) is 7.23. The van der Waals surface area contributed by atoms with E-state index in [-0.39, 0.29) is 0 Å². The summed E-state index contributed by atoms with van der Waals surface area (Å²) in [5.74, 6) is -0.670. The van der Waals surface area contributed by atoms with Crippen LogP contribution in [-0.2, 0) is 26.5 Å². The Balaban J connectivity index is 2.41. The maximum Gasteiger partial charge on any atom is 0.162 e. The second-order valence-electron chi connectivity index (χ2n) is 6.50. The molecule has 6 heteroatoms. The molecule has 132 valence electrons. The van der Waals surface area contributed by atoms with Crippen LogP contribution in [0.4, 0.5) is 0 Å². The summed E-state index contributed by atoms with van der Waals surface area (Å²) >= 11 is 5.99. The highest BCUT2D eigenvalue weighted by Crippen LogP contribution is 2.28. The van der Waals surface area contributed by atoms with Gasteiger partial charge >= 0.3 is 0 Å². The molecule has 0 spiro atoms. The van der Waals surface area contributed by atoms with Crippen molar-refractivity contribution in [3.8, 4) is 11.3 Å². The zero-order valence-electron chi connectivity index (χ0n) is 15.1. The Labute approximate surface area is 148 Å². The minimum Gasteiger partial charge on any atom is -0.358 e. The van der Waals surface area contributed by atoms with Gasteiger partial charge in [-0.15, -0.1) is 0 Å². The van der Waals surface area contributed by atoms with E-state index in [9.17, 15) is 0 Å². The number of methoxy groups -OCH3 is 2. The highest BCUT2D eigenvalue weighted by Gasteiger charge is 2.24. The summed E-state index contributed by atoms with van der Waals surface area (Å²) in [6, 6.07) is 7.59. The van der Waals surface area contributed by atoms with Crippen molar-refractivity contribution in [2.75, 3.05) is 14.2 Å². The van der Waals surface area contributed by atoms with Gasteiger partial charge in [-0.25, -0.2) is 4.68 Å². The summed E-state index contributed by atoms with van der Waals surface area (Å²) in [7, 11) is 3.28. The molecule has 1 aromatic heterocycles. The lowest BCUT2D eigenvalue weighted by atomic mass is 10.1. The summed E-state index contributed by atoms with van der Waals surface area (Å²) in [6.45, 7) is 8.03. The molecule has 0 N–H and O–H groups in total. The largest absolute Gasteiger partial charge is 0.358 e. The molecule has 5 nitrogen and oxygen atoms in total. The molecule has 0 unspecified atom stereocenters. The predicted molar refractivity (Wildman–Crippen MR) is 94.9 cm³/mol. The minimum absolute atomic E-state index is 0.374. The van der Waals surface area contributed by atoms with E-state index in [1.54, 1.807) is 18.9 Å². The SMILES string of the molecule is COC(C)(C)OCc1cn(C(C)(C)OC)nc1-c1ccc(Cl)cc1. The van der Waals surface area contributed by atoms with E-state index >= 15 is 0 Å². The van der Waals surface area contributed by atoms with Gasteiger partial charge in [0.15, 0.2) is 11.5 Å². The van der Waals surface area contributed by atoms with Gasteiger partial charge in [0.25, 0.3) is 0 Å². The first kappa shape index (κ1) is 18.9. The summed E-state index contributed by atoms with van der Waals surface area (Å²) < 4.78 is 18.5. The molecule has 0 saturated carbocycles. The van der Waals surface area contributed by atoms with Gasteiger partial charge in [-0.2, -0.15) is 5.10 Å². The van der Waals surface area contributed by atoms with Crippen molar-refractivity contribution < 1.29 is 14.2 Å². The van der Waals surface area contributed by atoms with Crippen molar-refractivity contribution in [1.82, 2.24) is 9.78 Å². The molecule has 0 aliphatic carbocycles. The van der Waals surface area contributed by atoms with Crippen LogP contribution in [0.2, 0.25) is 5.02 Å². The molecule has 24 heavy (non-hydrogen) atoms. The van der Waals surface area contributed by atoms with Gasteiger partial charge in [0.05, 0.1) is 12.3 Å². The van der Waals surface area contributed by atoms with Crippen molar-refractivity contribution in [3.63, 3.8) is 0 Å². The fourth-order valence-corrected chi connectivity index (χ4v) is 2.17. The average Bonchev–Trinajstić information content (AvgIpc) is 2.99. The Morgan fingerprint density at radius 2 is 1.67 bits per heavy atom. The third-order valence-corrected chi connectivity index (χ3v) is 4.28. The van der Waals surface area contributed by atoms with Crippen molar-refractivity contribution in [2.24, 2.45) is 0 Å². The molecule has 0 fully saturated rings. The molecule has 0 radical (unpaired) electrons. The van der Waals surface area contributed by atoms with Crippen molar-refractivity contribution in [3.05, 3.63) is 41.0 Å². The van der Waals surface area contributed by atoms with Crippen LogP contribution >= 0.6 is 11.6 Å². The first-order valence-electron chi connectivity index (χ1n) is 7.78. The molecule has 0 amide bonds. The van der Waals surface area contributed by atoms with E-state index in [0.717, 1.165) is 16.8 Å². The molecular formula is C18H25ClN2O3. The number of rotatable bonds is 7. The maximum absolute atomic E-state index is 5.99. The number of hydrogen-bond acceptors (Lipinski definition) is 4. The molecule has 0 saturated heterocycles. The molecule has 0 aliphatic rings. The highest BCUT2D eigenvalue weighted by molar-refractivity contribution is 6.30. The van der Waals surface area contributed by atoms with Gasteiger partial charge in [0.1, 0.15) is 0 Å². The number of ether oxygens (including phenoxy) is 3. The third kappa shape index (κ3) is 4.36. The summed E-state index contributed by atoms with van der Waals surface area (Å²) in [5.41, 5.74) is 2.20. The van der Waals surface area contributed by atoms with Crippen LogP contribution in [-0.4, -0.2) is 29.8 Å². The van der Waals surface area contributed by atoms with Gasteiger partial charge in [-0.1, -0.05) is 23.7 Å². The van der Waals surface area contributed by atoms with Gasteiger partial charge in [-0.3, -0.25) is 0 Å². The van der Waals surface area contributed by atoms with Crippen LogP contribution in [0.3, 0.4) is 0 Å². The van der Waals surface area contributed by atoms with Gasteiger partial charge < -0.3 is 14.2 Å². The molecule has 0 aliphatic heterocycles. The van der Waals surface area contributed by atoms with Crippen molar-refractivity contribution >= 4 is 11.6 Å². The number of aromatic nitrogens is 2. The third-order valence-electron chi connectivity index (χ3n) is 4.03. The molecule has 1 heterocycles. The zero-order valence-corrected chi connectivity index (χ0v) is 15.8. The van der Waals surface area contributed by atoms with E-state index in [4.69, 9.17) is 30.9 Å². The van der Waals surface area contributed by atoms with Crippen LogP contribution in [0.15, 0.2) is 30.5 Å². The second-order valence-corrected chi connectivity index (χ2v) is 6.93. The van der Waals surface area contributed by atoms with Gasteiger partial charge in [0, 0.05) is 36.6 Å². The number of nitrogens with zero attached hydrogens (tertiary/aromatic N) is 2. The van der Waals surface area contributed by atoms with E-state index in [1.807, 2.05) is 58.2 Å². The lowest BCUT2D eigenvalue weighted by Crippen LogP contribution is -2.28. The predicted octanol–water partition coefficient (Wildman–Crippen LogP) is 4.44.